The van der Waals surface area contributed by atoms with Crippen LogP contribution in [0.4, 0.5) is 5.69 Å². The van der Waals surface area contributed by atoms with Crippen molar-refractivity contribution in [2.24, 2.45) is 0 Å². The molecule has 2 aromatic rings. The zero-order valence-electron chi connectivity index (χ0n) is 18.0. The molecule has 0 spiro atoms. The van der Waals surface area contributed by atoms with Gasteiger partial charge in [-0.2, -0.15) is 0 Å². The van der Waals surface area contributed by atoms with E-state index in [4.69, 9.17) is 9.47 Å². The smallest absolute Gasteiger partial charge is 0.265 e. The molecular formula is C24H30N2O4. The first-order valence-corrected chi connectivity index (χ1v) is 10.4. The van der Waals surface area contributed by atoms with Gasteiger partial charge in [-0.05, 0) is 62.9 Å². The summed E-state index contributed by atoms with van der Waals surface area (Å²) in [6.45, 7) is 5.29. The average Bonchev–Trinajstić information content (AvgIpc) is 2.77. The van der Waals surface area contributed by atoms with Gasteiger partial charge in [0.25, 0.3) is 5.91 Å². The van der Waals surface area contributed by atoms with Crippen molar-refractivity contribution in [3.8, 4) is 11.5 Å². The molecule has 0 aliphatic carbocycles. The fourth-order valence-corrected chi connectivity index (χ4v) is 3.54. The monoisotopic (exact) mass is 410 g/mol. The predicted molar refractivity (Wildman–Crippen MR) is 117 cm³/mol. The number of carbonyl (C=O) groups is 2. The molecule has 1 saturated heterocycles. The number of ether oxygens (including phenoxy) is 2. The van der Waals surface area contributed by atoms with E-state index < -0.39 is 0 Å². The standard InChI is InChI=1S/C24H30N2O4/c1-18-7-10-20(11-8-18)26(16-23(27)25-13-5-4-6-14-25)24(28)17-30-21-12-9-19(2)15-22(21)29-3/h7-12,15H,4-6,13-14,16-17H2,1-3H3. The lowest BCUT2D eigenvalue weighted by Gasteiger charge is -2.30. The molecule has 3 rings (SSSR count). The second-order valence-electron chi connectivity index (χ2n) is 7.70. The van der Waals surface area contributed by atoms with Gasteiger partial charge in [0, 0.05) is 18.8 Å². The molecule has 1 fully saturated rings. The third-order valence-electron chi connectivity index (χ3n) is 5.32. The quantitative estimate of drug-likeness (QED) is 0.698. The summed E-state index contributed by atoms with van der Waals surface area (Å²) in [7, 11) is 1.57. The van der Waals surface area contributed by atoms with E-state index in [1.54, 1.807) is 13.2 Å². The van der Waals surface area contributed by atoms with Gasteiger partial charge >= 0.3 is 0 Å². The van der Waals surface area contributed by atoms with Crippen molar-refractivity contribution in [3.63, 3.8) is 0 Å². The Morgan fingerprint density at radius 2 is 1.60 bits per heavy atom. The van der Waals surface area contributed by atoms with Crippen LogP contribution in [0.2, 0.25) is 0 Å². The maximum Gasteiger partial charge on any atom is 0.265 e. The summed E-state index contributed by atoms with van der Waals surface area (Å²) in [5, 5.41) is 0. The molecule has 0 atom stereocenters. The van der Waals surface area contributed by atoms with Crippen molar-refractivity contribution in [1.82, 2.24) is 4.90 Å². The van der Waals surface area contributed by atoms with E-state index in [0.717, 1.165) is 43.5 Å². The summed E-state index contributed by atoms with van der Waals surface area (Å²) in [6.07, 6.45) is 3.18. The van der Waals surface area contributed by atoms with Gasteiger partial charge in [0.2, 0.25) is 5.91 Å². The Bertz CT molecular complexity index is 873. The lowest BCUT2D eigenvalue weighted by molar-refractivity contribution is -0.132. The normalized spacial score (nSPS) is 13.6. The molecule has 1 aliphatic rings. The zero-order valence-corrected chi connectivity index (χ0v) is 18.0. The Balaban J connectivity index is 1.74. The van der Waals surface area contributed by atoms with E-state index in [-0.39, 0.29) is 25.0 Å². The lowest BCUT2D eigenvalue weighted by Crippen LogP contribution is -2.46. The van der Waals surface area contributed by atoms with Crippen molar-refractivity contribution in [2.75, 3.05) is 38.3 Å². The van der Waals surface area contributed by atoms with Crippen LogP contribution in [0.1, 0.15) is 30.4 Å². The van der Waals surface area contributed by atoms with Crippen LogP contribution in [0.5, 0.6) is 11.5 Å². The van der Waals surface area contributed by atoms with Gasteiger partial charge in [0.05, 0.1) is 7.11 Å². The van der Waals surface area contributed by atoms with E-state index in [1.165, 1.54) is 4.90 Å². The third-order valence-corrected chi connectivity index (χ3v) is 5.32. The van der Waals surface area contributed by atoms with Gasteiger partial charge in [0.1, 0.15) is 6.54 Å². The minimum absolute atomic E-state index is 0.0102. The summed E-state index contributed by atoms with van der Waals surface area (Å²) < 4.78 is 11.1. The van der Waals surface area contributed by atoms with Crippen LogP contribution in [-0.2, 0) is 9.59 Å². The number of hydrogen-bond donors (Lipinski definition) is 0. The molecule has 0 saturated carbocycles. The van der Waals surface area contributed by atoms with Crippen LogP contribution in [0.25, 0.3) is 0 Å². The van der Waals surface area contributed by atoms with Gasteiger partial charge in [-0.1, -0.05) is 23.8 Å². The minimum Gasteiger partial charge on any atom is -0.493 e. The van der Waals surface area contributed by atoms with Gasteiger partial charge in [-0.3, -0.25) is 9.59 Å². The highest BCUT2D eigenvalue weighted by atomic mass is 16.5. The SMILES string of the molecule is COc1cc(C)ccc1OCC(=O)N(CC(=O)N1CCCCC1)c1ccc(C)cc1. The van der Waals surface area contributed by atoms with Crippen LogP contribution in [0.15, 0.2) is 42.5 Å². The Morgan fingerprint density at radius 3 is 2.27 bits per heavy atom. The summed E-state index contributed by atoms with van der Waals surface area (Å²) in [4.78, 5) is 29.3. The van der Waals surface area contributed by atoms with Gasteiger partial charge < -0.3 is 19.3 Å². The number of piperidine rings is 1. The molecule has 6 nitrogen and oxygen atoms in total. The largest absolute Gasteiger partial charge is 0.493 e. The predicted octanol–water partition coefficient (Wildman–Crippen LogP) is 3.74. The van der Waals surface area contributed by atoms with Crippen LogP contribution in [0, 0.1) is 13.8 Å². The number of benzene rings is 2. The highest BCUT2D eigenvalue weighted by Gasteiger charge is 2.24. The zero-order chi connectivity index (χ0) is 21.5. The number of methoxy groups -OCH3 is 1. The van der Waals surface area contributed by atoms with Crippen molar-refractivity contribution in [2.45, 2.75) is 33.1 Å². The van der Waals surface area contributed by atoms with Crippen LogP contribution in [0.3, 0.4) is 0 Å². The van der Waals surface area contributed by atoms with Crippen molar-refractivity contribution >= 4 is 17.5 Å². The van der Waals surface area contributed by atoms with Crippen molar-refractivity contribution in [1.29, 1.82) is 0 Å². The first kappa shape index (κ1) is 21.7. The number of aryl methyl sites for hydroxylation is 2. The molecule has 1 aliphatic heterocycles. The van der Waals surface area contributed by atoms with Crippen LogP contribution >= 0.6 is 0 Å². The van der Waals surface area contributed by atoms with E-state index in [2.05, 4.69) is 0 Å². The molecule has 0 bridgehead atoms. The molecule has 2 aromatic carbocycles. The molecule has 0 radical (unpaired) electrons. The summed E-state index contributed by atoms with van der Waals surface area (Å²) in [5.41, 5.74) is 2.82. The average molecular weight is 411 g/mol. The molecule has 0 N–H and O–H groups in total. The maximum atomic E-state index is 13.1. The van der Waals surface area contributed by atoms with Crippen LogP contribution in [-0.4, -0.2) is 50.1 Å². The Morgan fingerprint density at radius 1 is 0.933 bits per heavy atom. The fourth-order valence-electron chi connectivity index (χ4n) is 3.54. The number of nitrogens with zero attached hydrogens (tertiary/aromatic N) is 2. The third kappa shape index (κ3) is 5.53. The highest BCUT2D eigenvalue weighted by molar-refractivity contribution is 5.99. The first-order chi connectivity index (χ1) is 14.5. The minimum atomic E-state index is -0.271. The molecule has 30 heavy (non-hydrogen) atoms. The van der Waals surface area contributed by atoms with Crippen LogP contribution < -0.4 is 14.4 Å². The van der Waals surface area contributed by atoms with Gasteiger partial charge in [-0.15, -0.1) is 0 Å². The lowest BCUT2D eigenvalue weighted by atomic mass is 10.1. The highest BCUT2D eigenvalue weighted by Crippen LogP contribution is 2.28. The Kier molecular flexibility index (Phi) is 7.33. The van der Waals surface area contributed by atoms with E-state index >= 15 is 0 Å². The van der Waals surface area contributed by atoms with Gasteiger partial charge in [0.15, 0.2) is 18.1 Å². The molecule has 0 unspecified atom stereocenters. The second kappa shape index (κ2) is 10.1. The fraction of sp³-hybridized carbons (Fsp3) is 0.417. The number of hydrogen-bond acceptors (Lipinski definition) is 4. The first-order valence-electron chi connectivity index (χ1n) is 10.4. The van der Waals surface area contributed by atoms with E-state index in [9.17, 15) is 9.59 Å². The van der Waals surface area contributed by atoms with E-state index in [0.29, 0.717) is 17.2 Å². The molecule has 2 amide bonds. The molecule has 6 heteroatoms. The number of anilines is 1. The summed E-state index contributed by atoms with van der Waals surface area (Å²) in [6, 6.07) is 13.1. The van der Waals surface area contributed by atoms with Crippen molar-refractivity contribution < 1.29 is 19.1 Å². The molecular weight excluding hydrogens is 380 g/mol. The van der Waals surface area contributed by atoms with Gasteiger partial charge in [-0.25, -0.2) is 0 Å². The second-order valence-corrected chi connectivity index (χ2v) is 7.70. The number of likely N-dealkylation sites (tertiary alicyclic amines) is 1. The molecule has 0 aromatic heterocycles. The maximum absolute atomic E-state index is 13.1. The topological polar surface area (TPSA) is 59.1 Å². The molecule has 1 heterocycles. The summed E-state index contributed by atoms with van der Waals surface area (Å²) in [5.74, 6) is 0.778. The number of amides is 2. The number of rotatable bonds is 7. The molecule has 160 valence electrons. The Labute approximate surface area is 178 Å². The Hall–Kier alpha value is -3.02. The van der Waals surface area contributed by atoms with Crippen molar-refractivity contribution in [3.05, 3.63) is 53.6 Å². The number of carbonyl (C=O) groups excluding carboxylic acids is 2. The van der Waals surface area contributed by atoms with E-state index in [1.807, 2.05) is 55.1 Å². The summed E-state index contributed by atoms with van der Waals surface area (Å²) >= 11 is 0.